The number of likely N-dealkylation sites (N-methyl/N-ethyl adjacent to an activating group) is 1. The Morgan fingerprint density at radius 3 is 2.12 bits per heavy atom. The zero-order valence-corrected chi connectivity index (χ0v) is 26.5. The maximum atomic E-state index is 14.4. The Kier molecular flexibility index (Phi) is 10.5. The molecule has 1 atom stereocenters. The van der Waals surface area contributed by atoms with Crippen LogP contribution in [0.15, 0.2) is 102 Å². The summed E-state index contributed by atoms with van der Waals surface area (Å²) < 4.78 is 29.1. The van der Waals surface area contributed by atoms with Crippen molar-refractivity contribution in [2.24, 2.45) is 0 Å². The fourth-order valence-corrected chi connectivity index (χ4v) is 6.40. The zero-order chi connectivity index (χ0) is 31.1. The van der Waals surface area contributed by atoms with Crippen LogP contribution in [0, 0.1) is 13.8 Å². The van der Waals surface area contributed by atoms with Crippen molar-refractivity contribution >= 4 is 50.7 Å². The van der Waals surface area contributed by atoms with Crippen LogP contribution in [0.3, 0.4) is 0 Å². The van der Waals surface area contributed by atoms with Gasteiger partial charge in [-0.15, -0.1) is 0 Å². The van der Waals surface area contributed by atoms with Crippen molar-refractivity contribution in [3.63, 3.8) is 0 Å². The summed E-state index contributed by atoms with van der Waals surface area (Å²) in [5, 5.41) is 3.07. The molecule has 0 aromatic heterocycles. The number of carbonyl (C=O) groups excluding carboxylic acids is 2. The smallest absolute Gasteiger partial charge is 0.264 e. The van der Waals surface area contributed by atoms with Gasteiger partial charge in [-0.3, -0.25) is 13.9 Å². The second kappa shape index (κ2) is 14.1. The first-order valence-corrected chi connectivity index (χ1v) is 15.8. The average molecular weight is 639 g/mol. The molecule has 0 heterocycles. The number of aryl methyl sites for hydroxylation is 2. The van der Waals surface area contributed by atoms with Crippen molar-refractivity contribution in [2.75, 3.05) is 17.9 Å². The lowest BCUT2D eigenvalue weighted by Crippen LogP contribution is -2.53. The first-order chi connectivity index (χ1) is 20.5. The Labute approximate surface area is 263 Å². The fourth-order valence-electron chi connectivity index (χ4n) is 4.70. The van der Waals surface area contributed by atoms with Crippen molar-refractivity contribution in [1.82, 2.24) is 10.2 Å². The number of sulfonamides is 1. The highest BCUT2D eigenvalue weighted by Crippen LogP contribution is 2.31. The molecule has 0 radical (unpaired) electrons. The van der Waals surface area contributed by atoms with Gasteiger partial charge in [0.2, 0.25) is 11.8 Å². The van der Waals surface area contributed by atoms with Crippen LogP contribution >= 0.6 is 23.2 Å². The van der Waals surface area contributed by atoms with Crippen LogP contribution in [0.1, 0.15) is 22.3 Å². The van der Waals surface area contributed by atoms with E-state index in [9.17, 15) is 18.0 Å². The van der Waals surface area contributed by atoms with Crippen molar-refractivity contribution < 1.29 is 18.0 Å². The van der Waals surface area contributed by atoms with E-state index >= 15 is 0 Å². The third kappa shape index (κ3) is 7.76. The molecule has 2 amide bonds. The number of nitrogens with zero attached hydrogens (tertiary/aromatic N) is 2. The molecule has 0 saturated heterocycles. The molecule has 4 aromatic carbocycles. The second-order valence-electron chi connectivity index (χ2n) is 10.2. The maximum Gasteiger partial charge on any atom is 0.264 e. The third-order valence-electron chi connectivity index (χ3n) is 7.20. The predicted molar refractivity (Wildman–Crippen MR) is 172 cm³/mol. The molecule has 0 aliphatic rings. The Hall–Kier alpha value is -3.85. The molecule has 7 nitrogen and oxygen atoms in total. The summed E-state index contributed by atoms with van der Waals surface area (Å²) in [5.41, 5.74) is 3.67. The number of nitrogens with one attached hydrogen (secondary N) is 1. The van der Waals surface area contributed by atoms with Crippen LogP contribution in [-0.4, -0.2) is 44.8 Å². The van der Waals surface area contributed by atoms with E-state index in [1.54, 1.807) is 12.1 Å². The van der Waals surface area contributed by atoms with Gasteiger partial charge in [0.25, 0.3) is 10.0 Å². The summed E-state index contributed by atoms with van der Waals surface area (Å²) in [6, 6.07) is 26.8. The van der Waals surface area contributed by atoms with Gasteiger partial charge in [-0.2, -0.15) is 0 Å². The number of anilines is 1. The van der Waals surface area contributed by atoms with Crippen LogP contribution in [0.25, 0.3) is 0 Å². The Morgan fingerprint density at radius 2 is 1.49 bits per heavy atom. The van der Waals surface area contributed by atoms with Gasteiger partial charge in [0.15, 0.2) is 0 Å². The van der Waals surface area contributed by atoms with E-state index in [4.69, 9.17) is 23.2 Å². The monoisotopic (exact) mass is 637 g/mol. The number of amides is 2. The molecule has 4 aromatic rings. The molecule has 10 heteroatoms. The van der Waals surface area contributed by atoms with Crippen molar-refractivity contribution in [3.8, 4) is 0 Å². The normalized spacial score (nSPS) is 11.9. The van der Waals surface area contributed by atoms with E-state index in [1.165, 1.54) is 42.3 Å². The number of halogens is 2. The topological polar surface area (TPSA) is 86.8 Å². The van der Waals surface area contributed by atoms with Crippen molar-refractivity contribution in [1.29, 1.82) is 0 Å². The number of hydrogen-bond donors (Lipinski definition) is 1. The summed E-state index contributed by atoms with van der Waals surface area (Å²) in [7, 11) is -2.72. The predicted octanol–water partition coefficient (Wildman–Crippen LogP) is 6.19. The van der Waals surface area contributed by atoms with Gasteiger partial charge in [0, 0.05) is 20.0 Å². The van der Waals surface area contributed by atoms with E-state index in [1.807, 2.05) is 68.4 Å². The first kappa shape index (κ1) is 32.1. The van der Waals surface area contributed by atoms with Crippen LogP contribution < -0.4 is 9.62 Å². The summed E-state index contributed by atoms with van der Waals surface area (Å²) in [6.07, 6.45) is 0.232. The number of benzene rings is 4. The number of rotatable bonds is 11. The van der Waals surface area contributed by atoms with E-state index in [-0.39, 0.29) is 39.5 Å². The van der Waals surface area contributed by atoms with Gasteiger partial charge in [-0.05, 0) is 60.9 Å². The third-order valence-corrected chi connectivity index (χ3v) is 9.73. The summed E-state index contributed by atoms with van der Waals surface area (Å²) in [4.78, 5) is 29.2. The molecular weight excluding hydrogens is 605 g/mol. The first-order valence-electron chi connectivity index (χ1n) is 13.6. The molecular formula is C33H33Cl2N3O4S. The van der Waals surface area contributed by atoms with Gasteiger partial charge in [-0.1, -0.05) is 95.5 Å². The van der Waals surface area contributed by atoms with Gasteiger partial charge in [-0.25, -0.2) is 8.42 Å². The Balaban J connectivity index is 1.81. The second-order valence-corrected chi connectivity index (χ2v) is 12.9. The van der Waals surface area contributed by atoms with Crippen LogP contribution in [-0.2, 0) is 32.6 Å². The van der Waals surface area contributed by atoms with Gasteiger partial charge >= 0.3 is 0 Å². The summed E-state index contributed by atoms with van der Waals surface area (Å²) >= 11 is 12.4. The highest BCUT2D eigenvalue weighted by molar-refractivity contribution is 7.92. The lowest BCUT2D eigenvalue weighted by Gasteiger charge is -2.34. The van der Waals surface area contributed by atoms with E-state index in [2.05, 4.69) is 5.32 Å². The van der Waals surface area contributed by atoms with Crippen molar-refractivity contribution in [3.05, 3.63) is 129 Å². The summed E-state index contributed by atoms with van der Waals surface area (Å²) in [6.45, 7) is 3.29. The largest absolute Gasteiger partial charge is 0.357 e. The standard InChI is InChI=1S/C33H33Cl2N3O4S/c1-23-13-16-28(17-14-23)43(41,42)38(27-15-18-29(34)30(35)20-27)22-32(39)37(21-26-12-8-7-9-24(26)2)31(33(40)36-3)19-25-10-5-4-6-11-25/h4-18,20,31H,19,21-22H2,1-3H3,(H,36,40)/t31-/m0/s1. The van der Waals surface area contributed by atoms with E-state index < -0.39 is 28.5 Å². The lowest BCUT2D eigenvalue weighted by atomic mass is 10.0. The zero-order valence-electron chi connectivity index (χ0n) is 24.1. The van der Waals surface area contributed by atoms with Gasteiger partial charge < -0.3 is 10.2 Å². The molecule has 4 rings (SSSR count). The number of hydrogen-bond acceptors (Lipinski definition) is 4. The van der Waals surface area contributed by atoms with Crippen LogP contribution in [0.2, 0.25) is 10.0 Å². The quantitative estimate of drug-likeness (QED) is 0.212. The molecule has 224 valence electrons. The highest BCUT2D eigenvalue weighted by atomic mass is 35.5. The minimum atomic E-state index is -4.24. The van der Waals surface area contributed by atoms with Crippen LogP contribution in [0.4, 0.5) is 5.69 Å². The SMILES string of the molecule is CNC(=O)[C@H](Cc1ccccc1)N(Cc1ccccc1C)C(=O)CN(c1ccc(Cl)c(Cl)c1)S(=O)(=O)c1ccc(C)cc1. The molecule has 0 bridgehead atoms. The molecule has 0 fully saturated rings. The molecule has 0 saturated carbocycles. The van der Waals surface area contributed by atoms with E-state index in [0.717, 1.165) is 26.6 Å². The lowest BCUT2D eigenvalue weighted by molar-refractivity contribution is -0.139. The summed E-state index contributed by atoms with van der Waals surface area (Å²) in [5.74, 6) is -0.928. The van der Waals surface area contributed by atoms with Crippen LogP contribution in [0.5, 0.6) is 0 Å². The molecule has 0 unspecified atom stereocenters. The Morgan fingerprint density at radius 1 is 0.837 bits per heavy atom. The van der Waals surface area contributed by atoms with E-state index in [0.29, 0.717) is 0 Å². The van der Waals surface area contributed by atoms with Gasteiger partial charge in [0.05, 0.1) is 20.6 Å². The molecule has 0 aliphatic carbocycles. The van der Waals surface area contributed by atoms with Crippen molar-refractivity contribution in [2.45, 2.75) is 37.8 Å². The average Bonchev–Trinajstić information content (AvgIpc) is 3.00. The fraction of sp³-hybridized carbons (Fsp3) is 0.212. The highest BCUT2D eigenvalue weighted by Gasteiger charge is 2.34. The molecule has 0 aliphatic heterocycles. The molecule has 43 heavy (non-hydrogen) atoms. The minimum Gasteiger partial charge on any atom is -0.357 e. The maximum absolute atomic E-state index is 14.4. The minimum absolute atomic E-state index is 0.00885. The molecule has 1 N–H and O–H groups in total. The molecule has 0 spiro atoms. The van der Waals surface area contributed by atoms with Gasteiger partial charge in [0.1, 0.15) is 12.6 Å². The Bertz CT molecular complexity index is 1700. The number of carbonyl (C=O) groups is 2.